The summed E-state index contributed by atoms with van der Waals surface area (Å²) in [7, 11) is 0. The van der Waals surface area contributed by atoms with Crippen molar-refractivity contribution in [3.05, 3.63) is 0 Å². The number of morpholine rings is 1. The van der Waals surface area contributed by atoms with Crippen LogP contribution in [-0.2, 0) is 9.47 Å². The maximum Gasteiger partial charge on any atom is 1.00 e. The molecular weight excluding hydrogens is 185 g/mol. The Bertz CT molecular complexity index is 149. The second-order valence-corrected chi connectivity index (χ2v) is 2.55. The van der Waals surface area contributed by atoms with Crippen molar-refractivity contribution in [3.63, 3.8) is 0 Å². The Morgan fingerprint density at radius 1 is 1.46 bits per heavy atom. The van der Waals surface area contributed by atoms with Crippen LogP contribution in [0.15, 0.2) is 0 Å². The summed E-state index contributed by atoms with van der Waals surface area (Å²) in [6.07, 6.45) is -1.46. The normalized spacial score (nSPS) is 17.5. The monoisotopic (exact) mass is 197 g/mol. The van der Waals surface area contributed by atoms with Crippen LogP contribution in [0.4, 0.5) is 4.79 Å². The van der Waals surface area contributed by atoms with Gasteiger partial charge in [-0.1, -0.05) is 0 Å². The van der Waals surface area contributed by atoms with Crippen LogP contribution in [-0.4, -0.2) is 50.5 Å². The summed E-state index contributed by atoms with van der Waals surface area (Å²) in [5, 5.41) is 9.86. The zero-order valence-corrected chi connectivity index (χ0v) is 9.82. The van der Waals surface area contributed by atoms with Crippen molar-refractivity contribution < 1.29 is 48.9 Å². The van der Waals surface area contributed by atoms with E-state index in [-0.39, 0.29) is 36.2 Å². The number of carbonyl (C=O) groups is 1. The summed E-state index contributed by atoms with van der Waals surface area (Å²) in [6.45, 7) is 3.92. The Morgan fingerprint density at radius 2 is 2.08 bits per heavy atom. The summed E-state index contributed by atoms with van der Waals surface area (Å²) in [5.41, 5.74) is 0. The largest absolute Gasteiger partial charge is 1.00 e. The van der Waals surface area contributed by atoms with Crippen molar-refractivity contribution in [2.45, 2.75) is 0 Å². The van der Waals surface area contributed by atoms with Crippen molar-refractivity contribution in [2.75, 3.05) is 39.5 Å². The van der Waals surface area contributed by atoms with E-state index in [0.717, 1.165) is 13.1 Å². The minimum Gasteiger partial charge on any atom is -0.548 e. The fraction of sp³-hybridized carbons (Fsp3) is 0.857. The number of nitrogens with zero attached hydrogens (tertiary/aromatic N) is 1. The molecule has 0 aromatic heterocycles. The van der Waals surface area contributed by atoms with Gasteiger partial charge in [0, 0.05) is 26.2 Å². The van der Waals surface area contributed by atoms with E-state index in [1.165, 1.54) is 0 Å². The number of carboxylic acid groups (broad SMARTS) is 1. The Labute approximate surface area is 99.3 Å². The van der Waals surface area contributed by atoms with Crippen LogP contribution < -0.4 is 34.7 Å². The van der Waals surface area contributed by atoms with E-state index in [1.54, 1.807) is 0 Å². The third kappa shape index (κ3) is 6.29. The quantitative estimate of drug-likeness (QED) is 0.338. The first-order chi connectivity index (χ1) is 5.79. The van der Waals surface area contributed by atoms with E-state index in [4.69, 9.17) is 4.74 Å². The number of rotatable bonds is 3. The van der Waals surface area contributed by atoms with Gasteiger partial charge in [-0.3, -0.25) is 4.90 Å². The van der Waals surface area contributed by atoms with Gasteiger partial charge in [0.15, 0.2) is 0 Å². The van der Waals surface area contributed by atoms with E-state index < -0.39 is 6.16 Å². The summed E-state index contributed by atoms with van der Waals surface area (Å²) in [6, 6.07) is 0. The zero-order valence-electron chi connectivity index (χ0n) is 7.82. The predicted octanol–water partition coefficient (Wildman–Crippen LogP) is -4.32. The average molecular weight is 197 g/mol. The van der Waals surface area contributed by atoms with Crippen LogP contribution >= 0.6 is 0 Å². The fourth-order valence-corrected chi connectivity index (χ4v) is 1.08. The summed E-state index contributed by atoms with van der Waals surface area (Å²) in [4.78, 5) is 12.0. The molecule has 0 bridgehead atoms. The molecular formula is C7H12NNaO4. The topological polar surface area (TPSA) is 61.8 Å². The molecule has 0 amide bonds. The molecule has 0 aromatic carbocycles. The molecule has 1 saturated heterocycles. The minimum absolute atomic E-state index is 0. The third-order valence-corrected chi connectivity index (χ3v) is 1.73. The van der Waals surface area contributed by atoms with E-state index in [9.17, 15) is 9.90 Å². The molecule has 0 spiro atoms. The molecule has 1 heterocycles. The second-order valence-electron chi connectivity index (χ2n) is 2.55. The molecule has 6 heteroatoms. The molecule has 70 valence electrons. The van der Waals surface area contributed by atoms with Gasteiger partial charge in [0.1, 0.15) is 0 Å². The van der Waals surface area contributed by atoms with Gasteiger partial charge in [0.05, 0.1) is 13.2 Å². The van der Waals surface area contributed by atoms with Crippen molar-refractivity contribution in [1.29, 1.82) is 0 Å². The standard InChI is InChI=1S/C7H13NO4.Na/c9-7(10)12-6-3-8-1-4-11-5-2-8;/h1-6H2,(H,9,10);/q;+1/p-1. The second kappa shape index (κ2) is 7.58. The number of hydrogen-bond acceptors (Lipinski definition) is 5. The summed E-state index contributed by atoms with van der Waals surface area (Å²) < 4.78 is 9.38. The van der Waals surface area contributed by atoms with Gasteiger partial charge in [-0.15, -0.1) is 0 Å². The van der Waals surface area contributed by atoms with Crippen LogP contribution in [0.3, 0.4) is 0 Å². The molecule has 0 unspecified atom stereocenters. The maximum absolute atomic E-state index is 9.86. The first-order valence-electron chi connectivity index (χ1n) is 3.93. The molecule has 0 aromatic rings. The first-order valence-corrected chi connectivity index (χ1v) is 3.93. The third-order valence-electron chi connectivity index (χ3n) is 1.73. The Balaban J connectivity index is 0.00000144. The number of ether oxygens (including phenoxy) is 2. The van der Waals surface area contributed by atoms with Crippen molar-refractivity contribution >= 4 is 6.16 Å². The molecule has 1 fully saturated rings. The molecule has 0 atom stereocenters. The smallest absolute Gasteiger partial charge is 0.548 e. The Hall–Kier alpha value is 0.190. The van der Waals surface area contributed by atoms with Gasteiger partial charge in [-0.05, 0) is 0 Å². The van der Waals surface area contributed by atoms with Gasteiger partial charge < -0.3 is 19.4 Å². The summed E-state index contributed by atoms with van der Waals surface area (Å²) >= 11 is 0. The SMILES string of the molecule is O=C([O-])OCCN1CCOCC1.[Na+]. The van der Waals surface area contributed by atoms with Gasteiger partial charge in [-0.25, -0.2) is 0 Å². The Morgan fingerprint density at radius 3 is 2.62 bits per heavy atom. The van der Waals surface area contributed by atoms with Crippen molar-refractivity contribution in [1.82, 2.24) is 4.90 Å². The van der Waals surface area contributed by atoms with E-state index in [2.05, 4.69) is 9.64 Å². The molecule has 0 aliphatic carbocycles. The van der Waals surface area contributed by atoms with Gasteiger partial charge in [0.25, 0.3) is 6.16 Å². The number of carbonyl (C=O) groups excluding carboxylic acids is 1. The van der Waals surface area contributed by atoms with Gasteiger partial charge >= 0.3 is 29.6 Å². The molecule has 0 radical (unpaired) electrons. The van der Waals surface area contributed by atoms with E-state index in [0.29, 0.717) is 19.8 Å². The molecule has 1 rings (SSSR count). The van der Waals surface area contributed by atoms with Gasteiger partial charge in [0.2, 0.25) is 0 Å². The molecule has 13 heavy (non-hydrogen) atoms. The van der Waals surface area contributed by atoms with E-state index >= 15 is 0 Å². The average Bonchev–Trinajstić information content (AvgIpc) is 2.05. The minimum atomic E-state index is -1.46. The van der Waals surface area contributed by atoms with Crippen LogP contribution in [0.1, 0.15) is 0 Å². The maximum atomic E-state index is 9.86. The van der Waals surface area contributed by atoms with Crippen molar-refractivity contribution in [2.24, 2.45) is 0 Å². The number of hydrogen-bond donors (Lipinski definition) is 0. The first kappa shape index (κ1) is 13.2. The Kier molecular flexibility index (Phi) is 7.69. The molecule has 1 aliphatic rings. The van der Waals surface area contributed by atoms with Crippen molar-refractivity contribution in [3.8, 4) is 0 Å². The van der Waals surface area contributed by atoms with Gasteiger partial charge in [-0.2, -0.15) is 0 Å². The molecule has 0 saturated carbocycles. The molecule has 1 aliphatic heterocycles. The van der Waals surface area contributed by atoms with Crippen LogP contribution in [0.5, 0.6) is 0 Å². The van der Waals surface area contributed by atoms with Crippen LogP contribution in [0, 0.1) is 0 Å². The van der Waals surface area contributed by atoms with Crippen LogP contribution in [0.2, 0.25) is 0 Å². The van der Waals surface area contributed by atoms with E-state index in [1.807, 2.05) is 0 Å². The summed E-state index contributed by atoms with van der Waals surface area (Å²) in [5.74, 6) is 0. The zero-order chi connectivity index (χ0) is 8.81. The predicted molar refractivity (Wildman–Crippen MR) is 38.6 cm³/mol. The molecule has 0 N–H and O–H groups in total. The molecule has 5 nitrogen and oxygen atoms in total. The fourth-order valence-electron chi connectivity index (χ4n) is 1.08. The van der Waals surface area contributed by atoms with Crippen LogP contribution in [0.25, 0.3) is 0 Å².